The van der Waals surface area contributed by atoms with E-state index in [2.05, 4.69) is 13.1 Å². The predicted molar refractivity (Wildman–Crippen MR) is 47.8 cm³/mol. The van der Waals surface area contributed by atoms with Crippen LogP contribution in [0.4, 0.5) is 0 Å². The summed E-state index contributed by atoms with van der Waals surface area (Å²) in [7, 11) is 1.91. The molecule has 0 aromatic rings. The number of nitrogens with zero attached hydrogens (tertiary/aromatic N) is 1. The molecule has 0 aliphatic carbocycles. The molecule has 0 aliphatic rings. The minimum Gasteiger partial charge on any atom is -0.419 e. The van der Waals surface area contributed by atoms with Crippen molar-refractivity contribution in [2.45, 2.75) is 20.0 Å². The second-order valence-electron chi connectivity index (χ2n) is 3.34. The number of rotatable bonds is 3. The van der Waals surface area contributed by atoms with E-state index in [9.17, 15) is 4.79 Å². The molecular formula is C7H17NO2Si. The Morgan fingerprint density at radius 1 is 1.55 bits per heavy atom. The third kappa shape index (κ3) is 4.16. The summed E-state index contributed by atoms with van der Waals surface area (Å²) in [5.41, 5.74) is 0. The number of hydrogen-bond acceptors (Lipinski definition) is 2. The zero-order chi connectivity index (χ0) is 9.07. The van der Waals surface area contributed by atoms with Crippen LogP contribution in [0.25, 0.3) is 0 Å². The summed E-state index contributed by atoms with van der Waals surface area (Å²) in [5.74, 6) is 0.0997. The first-order valence-corrected chi connectivity index (χ1v) is 6.77. The number of carbonyl (C=O) groups excluding carboxylic acids is 1. The van der Waals surface area contributed by atoms with Crippen molar-refractivity contribution in [2.24, 2.45) is 0 Å². The second kappa shape index (κ2) is 3.87. The lowest BCUT2D eigenvalue weighted by atomic mass is 10.6. The zero-order valence-electron chi connectivity index (χ0n) is 7.97. The largest absolute Gasteiger partial charge is 0.419 e. The molecule has 0 radical (unpaired) electrons. The molecule has 0 fully saturated rings. The van der Waals surface area contributed by atoms with Gasteiger partial charge in [0.15, 0.2) is 0 Å². The second-order valence-corrected chi connectivity index (χ2v) is 7.58. The normalized spacial score (nSPS) is 11.4. The van der Waals surface area contributed by atoms with Crippen molar-refractivity contribution in [3.05, 3.63) is 0 Å². The van der Waals surface area contributed by atoms with Gasteiger partial charge in [0.2, 0.25) is 14.2 Å². The Kier molecular flexibility index (Phi) is 3.75. The summed E-state index contributed by atoms with van der Waals surface area (Å²) in [6.45, 7) is 5.75. The van der Waals surface area contributed by atoms with E-state index in [0.717, 1.165) is 6.17 Å². The lowest BCUT2D eigenvalue weighted by molar-refractivity contribution is -0.126. The number of hydrogen-bond donors (Lipinski definition) is 0. The van der Waals surface area contributed by atoms with E-state index < -0.39 is 8.32 Å². The lowest BCUT2D eigenvalue weighted by Gasteiger charge is -2.25. The van der Waals surface area contributed by atoms with E-state index in [-0.39, 0.29) is 5.91 Å². The molecule has 0 heterocycles. The third-order valence-electron chi connectivity index (χ3n) is 1.71. The maximum absolute atomic E-state index is 10.8. The average molecular weight is 175 g/mol. The first-order chi connectivity index (χ1) is 4.89. The van der Waals surface area contributed by atoms with Crippen molar-refractivity contribution in [3.8, 4) is 0 Å². The van der Waals surface area contributed by atoms with E-state index in [1.165, 1.54) is 0 Å². The molecule has 66 valence electrons. The highest BCUT2D eigenvalue weighted by atomic mass is 28.4. The summed E-state index contributed by atoms with van der Waals surface area (Å²) in [4.78, 5) is 12.5. The lowest BCUT2D eigenvalue weighted by Crippen LogP contribution is -2.44. The van der Waals surface area contributed by atoms with Gasteiger partial charge in [-0.15, -0.1) is 0 Å². The zero-order valence-corrected chi connectivity index (χ0v) is 8.97. The molecular weight excluding hydrogens is 158 g/mol. The predicted octanol–water partition coefficient (Wildman–Crippen LogP) is 0.855. The Labute approximate surface area is 69.5 Å². The summed E-state index contributed by atoms with van der Waals surface area (Å²) in [6, 6.07) is 0. The molecule has 0 aromatic heterocycles. The number of carbonyl (C=O) groups is 1. The molecule has 3 nitrogen and oxygen atoms in total. The SMILES string of the molecule is CO[Si](C)(C)CN(C)C(C)=O. The highest BCUT2D eigenvalue weighted by Crippen LogP contribution is 2.03. The first kappa shape index (κ1) is 10.6. The Hall–Kier alpha value is -0.353. The van der Waals surface area contributed by atoms with Gasteiger partial charge in [-0.1, -0.05) is 0 Å². The van der Waals surface area contributed by atoms with Gasteiger partial charge < -0.3 is 9.33 Å². The molecule has 0 unspecified atom stereocenters. The summed E-state index contributed by atoms with van der Waals surface area (Å²) >= 11 is 0. The monoisotopic (exact) mass is 175 g/mol. The molecule has 0 bridgehead atoms. The van der Waals surface area contributed by atoms with E-state index >= 15 is 0 Å². The van der Waals surface area contributed by atoms with Gasteiger partial charge in [-0.05, 0) is 13.1 Å². The van der Waals surface area contributed by atoms with Crippen molar-refractivity contribution in [2.75, 3.05) is 20.3 Å². The Morgan fingerprint density at radius 3 is 2.27 bits per heavy atom. The molecule has 0 saturated carbocycles. The van der Waals surface area contributed by atoms with E-state index in [0.29, 0.717) is 0 Å². The molecule has 0 rings (SSSR count). The topological polar surface area (TPSA) is 29.5 Å². The van der Waals surface area contributed by atoms with Gasteiger partial charge in [-0.25, -0.2) is 0 Å². The van der Waals surface area contributed by atoms with Crippen molar-refractivity contribution in [1.82, 2.24) is 4.90 Å². The summed E-state index contributed by atoms with van der Waals surface area (Å²) in [6.07, 6.45) is 0.763. The van der Waals surface area contributed by atoms with E-state index in [1.54, 1.807) is 26.0 Å². The molecule has 0 spiro atoms. The van der Waals surface area contributed by atoms with E-state index in [4.69, 9.17) is 4.43 Å². The molecule has 0 aliphatic heterocycles. The van der Waals surface area contributed by atoms with Crippen LogP contribution in [0.2, 0.25) is 13.1 Å². The summed E-state index contributed by atoms with van der Waals surface area (Å²) < 4.78 is 5.30. The summed E-state index contributed by atoms with van der Waals surface area (Å²) in [5, 5.41) is 0. The fraction of sp³-hybridized carbons (Fsp3) is 0.857. The van der Waals surface area contributed by atoms with Gasteiger partial charge in [0.05, 0.1) is 0 Å². The highest BCUT2D eigenvalue weighted by Gasteiger charge is 2.23. The van der Waals surface area contributed by atoms with Crippen LogP contribution in [0, 0.1) is 0 Å². The van der Waals surface area contributed by atoms with Gasteiger partial charge in [0.25, 0.3) is 0 Å². The smallest absolute Gasteiger partial charge is 0.218 e. The van der Waals surface area contributed by atoms with E-state index in [1.807, 2.05) is 0 Å². The minimum absolute atomic E-state index is 0.0997. The van der Waals surface area contributed by atoms with Crippen LogP contribution in [0.1, 0.15) is 6.92 Å². The molecule has 0 atom stereocenters. The van der Waals surface area contributed by atoms with Crippen LogP contribution in [0.15, 0.2) is 0 Å². The molecule has 4 heteroatoms. The van der Waals surface area contributed by atoms with Crippen molar-refractivity contribution in [3.63, 3.8) is 0 Å². The van der Waals surface area contributed by atoms with Crippen LogP contribution in [-0.4, -0.2) is 39.4 Å². The molecule has 0 aromatic carbocycles. The maximum Gasteiger partial charge on any atom is 0.218 e. The van der Waals surface area contributed by atoms with Gasteiger partial charge >= 0.3 is 0 Å². The quantitative estimate of drug-likeness (QED) is 0.595. The van der Waals surface area contributed by atoms with Crippen LogP contribution < -0.4 is 0 Å². The third-order valence-corrected chi connectivity index (χ3v) is 4.05. The molecule has 0 N–H and O–H groups in total. The average Bonchev–Trinajstić information content (AvgIpc) is 1.87. The molecule has 11 heavy (non-hydrogen) atoms. The van der Waals surface area contributed by atoms with Crippen LogP contribution in [0.3, 0.4) is 0 Å². The number of amides is 1. The Bertz CT molecular complexity index is 147. The molecule has 1 amide bonds. The Balaban J connectivity index is 3.93. The van der Waals surface area contributed by atoms with Crippen molar-refractivity contribution >= 4 is 14.2 Å². The molecule has 0 saturated heterocycles. The van der Waals surface area contributed by atoms with Crippen molar-refractivity contribution < 1.29 is 9.22 Å². The fourth-order valence-corrected chi connectivity index (χ4v) is 2.24. The van der Waals surface area contributed by atoms with Crippen LogP contribution >= 0.6 is 0 Å². The highest BCUT2D eigenvalue weighted by molar-refractivity contribution is 6.71. The fourth-order valence-electron chi connectivity index (χ4n) is 0.747. The minimum atomic E-state index is -1.60. The van der Waals surface area contributed by atoms with Gasteiger partial charge in [-0.2, -0.15) is 0 Å². The van der Waals surface area contributed by atoms with Gasteiger partial charge in [0.1, 0.15) is 0 Å². The standard InChI is InChI=1S/C7H17NO2Si/c1-7(9)8(2)6-11(4,5)10-3/h6H2,1-5H3. The van der Waals surface area contributed by atoms with Crippen molar-refractivity contribution in [1.29, 1.82) is 0 Å². The Morgan fingerprint density at radius 2 is 2.00 bits per heavy atom. The van der Waals surface area contributed by atoms with Gasteiger partial charge in [0, 0.05) is 27.2 Å². The van der Waals surface area contributed by atoms with Crippen LogP contribution in [-0.2, 0) is 9.22 Å². The first-order valence-electron chi connectivity index (χ1n) is 3.66. The maximum atomic E-state index is 10.8. The van der Waals surface area contributed by atoms with Gasteiger partial charge in [-0.3, -0.25) is 4.79 Å². The van der Waals surface area contributed by atoms with Crippen LogP contribution in [0.5, 0.6) is 0 Å².